The quantitative estimate of drug-likeness (QED) is 0.612. The Hall–Kier alpha value is -1.60. The van der Waals surface area contributed by atoms with Crippen molar-refractivity contribution < 1.29 is 4.79 Å². The molecule has 1 aliphatic heterocycles. The van der Waals surface area contributed by atoms with Gasteiger partial charge in [0.15, 0.2) is 4.34 Å². The second-order valence-electron chi connectivity index (χ2n) is 7.91. The summed E-state index contributed by atoms with van der Waals surface area (Å²) >= 11 is 2.99. The smallest absolute Gasteiger partial charge is 0.236 e. The lowest BCUT2D eigenvalue weighted by Crippen LogP contribution is -2.50. The van der Waals surface area contributed by atoms with Crippen molar-refractivity contribution in [2.75, 3.05) is 5.32 Å². The highest BCUT2D eigenvalue weighted by molar-refractivity contribution is 8.02. The number of likely N-dealkylation sites (tertiary alicyclic amines) is 1. The molecule has 1 fully saturated rings. The van der Waals surface area contributed by atoms with Crippen LogP contribution in [0.4, 0.5) is 10.8 Å². The van der Waals surface area contributed by atoms with E-state index in [1.165, 1.54) is 35.1 Å². The van der Waals surface area contributed by atoms with E-state index in [4.69, 9.17) is 0 Å². The van der Waals surface area contributed by atoms with Crippen LogP contribution in [0.3, 0.4) is 0 Å². The molecule has 1 aromatic carbocycles. The Kier molecular flexibility index (Phi) is 6.99. The van der Waals surface area contributed by atoms with Crippen molar-refractivity contribution in [3.05, 3.63) is 29.8 Å². The summed E-state index contributed by atoms with van der Waals surface area (Å²) in [6.07, 6.45) is 3.39. The first-order chi connectivity index (χ1) is 13.3. The Morgan fingerprint density at radius 1 is 1.14 bits per heavy atom. The van der Waals surface area contributed by atoms with Gasteiger partial charge in [-0.1, -0.05) is 49.1 Å². The van der Waals surface area contributed by atoms with Crippen LogP contribution in [0.2, 0.25) is 0 Å². The standard InChI is InChI=1S/C21H30N4OS2/c1-13(2)17-9-11-18(12-10-17)22-20-23-24-21(28-20)27-16(5)19(26)25-14(3)7-6-8-15(25)4/h9-16H,6-8H2,1-5H3,(H,22,23)/t14-,15-,16+/m0/s1. The fourth-order valence-electron chi connectivity index (χ4n) is 3.65. The minimum Gasteiger partial charge on any atom is -0.336 e. The maximum Gasteiger partial charge on any atom is 0.236 e. The molecule has 1 N–H and O–H groups in total. The Labute approximate surface area is 176 Å². The van der Waals surface area contributed by atoms with Gasteiger partial charge in [-0.25, -0.2) is 0 Å². The van der Waals surface area contributed by atoms with Gasteiger partial charge in [-0.15, -0.1) is 10.2 Å². The number of anilines is 2. The third-order valence-electron chi connectivity index (χ3n) is 5.31. The highest BCUT2D eigenvalue weighted by Gasteiger charge is 2.32. The molecule has 1 aromatic heterocycles. The molecule has 152 valence electrons. The van der Waals surface area contributed by atoms with E-state index in [9.17, 15) is 4.79 Å². The van der Waals surface area contributed by atoms with E-state index in [1.807, 2.05) is 6.92 Å². The molecule has 3 rings (SSSR count). The number of amides is 1. The average molecular weight is 419 g/mol. The number of thioether (sulfide) groups is 1. The summed E-state index contributed by atoms with van der Waals surface area (Å²) < 4.78 is 0.819. The summed E-state index contributed by atoms with van der Waals surface area (Å²) in [5.74, 6) is 0.724. The van der Waals surface area contributed by atoms with E-state index in [1.54, 1.807) is 0 Å². The van der Waals surface area contributed by atoms with Crippen LogP contribution in [0.5, 0.6) is 0 Å². The molecule has 3 atom stereocenters. The van der Waals surface area contributed by atoms with E-state index >= 15 is 0 Å². The van der Waals surface area contributed by atoms with Crippen molar-refractivity contribution in [3.63, 3.8) is 0 Å². The number of nitrogens with zero attached hydrogens (tertiary/aromatic N) is 3. The maximum absolute atomic E-state index is 13.0. The van der Waals surface area contributed by atoms with E-state index in [-0.39, 0.29) is 11.2 Å². The average Bonchev–Trinajstić information content (AvgIpc) is 3.08. The summed E-state index contributed by atoms with van der Waals surface area (Å²) in [5.41, 5.74) is 2.31. The number of hydrogen-bond donors (Lipinski definition) is 1. The molecule has 0 saturated carbocycles. The zero-order chi connectivity index (χ0) is 20.3. The molecule has 0 unspecified atom stereocenters. The zero-order valence-corrected chi connectivity index (χ0v) is 18.9. The van der Waals surface area contributed by atoms with Crippen LogP contribution in [0.15, 0.2) is 28.6 Å². The Bertz CT molecular complexity index is 780. The summed E-state index contributed by atoms with van der Waals surface area (Å²) in [6.45, 7) is 10.7. The van der Waals surface area contributed by atoms with Crippen LogP contribution < -0.4 is 5.32 Å². The van der Waals surface area contributed by atoms with Gasteiger partial charge in [-0.3, -0.25) is 4.79 Å². The summed E-state index contributed by atoms with van der Waals surface area (Å²) in [5, 5.41) is 12.4. The van der Waals surface area contributed by atoms with E-state index < -0.39 is 0 Å². The Balaban J connectivity index is 1.59. The number of nitrogens with one attached hydrogen (secondary N) is 1. The lowest BCUT2D eigenvalue weighted by Gasteiger charge is -2.40. The number of carbonyl (C=O) groups excluding carboxylic acids is 1. The molecule has 0 aliphatic carbocycles. The first-order valence-corrected chi connectivity index (χ1v) is 11.7. The Morgan fingerprint density at radius 2 is 1.79 bits per heavy atom. The highest BCUT2D eigenvalue weighted by Crippen LogP contribution is 2.33. The fourth-order valence-corrected chi connectivity index (χ4v) is 5.62. The van der Waals surface area contributed by atoms with Gasteiger partial charge in [0.1, 0.15) is 0 Å². The van der Waals surface area contributed by atoms with Crippen LogP contribution >= 0.6 is 23.1 Å². The van der Waals surface area contributed by atoms with Crippen LogP contribution in [0, 0.1) is 0 Å². The second kappa shape index (κ2) is 9.27. The van der Waals surface area contributed by atoms with Gasteiger partial charge < -0.3 is 10.2 Å². The number of benzene rings is 1. The lowest BCUT2D eigenvalue weighted by molar-refractivity contribution is -0.136. The predicted octanol–water partition coefficient (Wildman–Crippen LogP) is 5.68. The van der Waals surface area contributed by atoms with Gasteiger partial charge in [0, 0.05) is 17.8 Å². The molecule has 28 heavy (non-hydrogen) atoms. The molecule has 0 bridgehead atoms. The number of rotatable bonds is 6. The van der Waals surface area contributed by atoms with Crippen LogP contribution in [0.1, 0.15) is 65.4 Å². The molecule has 0 radical (unpaired) electrons. The maximum atomic E-state index is 13.0. The number of piperidine rings is 1. The topological polar surface area (TPSA) is 58.1 Å². The summed E-state index contributed by atoms with van der Waals surface area (Å²) in [6, 6.07) is 9.03. The first-order valence-electron chi connectivity index (χ1n) is 10.0. The number of carbonyl (C=O) groups is 1. The van der Waals surface area contributed by atoms with Crippen molar-refractivity contribution in [1.82, 2.24) is 15.1 Å². The predicted molar refractivity (Wildman–Crippen MR) is 119 cm³/mol. The third kappa shape index (κ3) is 5.06. The summed E-state index contributed by atoms with van der Waals surface area (Å²) in [4.78, 5) is 15.0. The van der Waals surface area contributed by atoms with Crippen LogP contribution in [-0.4, -0.2) is 38.3 Å². The zero-order valence-electron chi connectivity index (χ0n) is 17.3. The molecule has 0 spiro atoms. The van der Waals surface area contributed by atoms with Crippen molar-refractivity contribution in [2.45, 2.75) is 81.5 Å². The van der Waals surface area contributed by atoms with Crippen molar-refractivity contribution in [3.8, 4) is 0 Å². The Morgan fingerprint density at radius 3 is 2.39 bits per heavy atom. The largest absolute Gasteiger partial charge is 0.336 e. The molecular formula is C21H30N4OS2. The molecule has 2 aromatic rings. The van der Waals surface area contributed by atoms with E-state index in [0.717, 1.165) is 28.0 Å². The molecule has 1 aliphatic rings. The van der Waals surface area contributed by atoms with Gasteiger partial charge in [-0.2, -0.15) is 0 Å². The molecule has 7 heteroatoms. The van der Waals surface area contributed by atoms with Gasteiger partial charge in [0.25, 0.3) is 0 Å². The van der Waals surface area contributed by atoms with Crippen molar-refractivity contribution >= 4 is 39.8 Å². The van der Waals surface area contributed by atoms with Crippen LogP contribution in [0.25, 0.3) is 0 Å². The lowest BCUT2D eigenvalue weighted by atomic mass is 9.97. The number of aromatic nitrogens is 2. The monoisotopic (exact) mass is 418 g/mol. The normalized spacial score (nSPS) is 21.0. The second-order valence-corrected chi connectivity index (χ2v) is 10.5. The minimum absolute atomic E-state index is 0.158. The van der Waals surface area contributed by atoms with Gasteiger partial charge >= 0.3 is 0 Å². The fraction of sp³-hybridized carbons (Fsp3) is 0.571. The molecule has 5 nitrogen and oxygen atoms in total. The number of hydrogen-bond acceptors (Lipinski definition) is 6. The van der Waals surface area contributed by atoms with Gasteiger partial charge in [0.05, 0.1) is 5.25 Å². The SMILES string of the molecule is CC(C)c1ccc(Nc2nnc(S[C@H](C)C(=O)N3[C@@H](C)CCC[C@@H]3C)s2)cc1. The van der Waals surface area contributed by atoms with Gasteiger partial charge in [0.2, 0.25) is 11.0 Å². The van der Waals surface area contributed by atoms with Crippen molar-refractivity contribution in [2.24, 2.45) is 0 Å². The van der Waals surface area contributed by atoms with E-state index in [2.05, 4.69) is 72.4 Å². The van der Waals surface area contributed by atoms with Gasteiger partial charge in [-0.05, 0) is 63.6 Å². The highest BCUT2D eigenvalue weighted by atomic mass is 32.2. The molecule has 1 saturated heterocycles. The molecular weight excluding hydrogens is 388 g/mol. The van der Waals surface area contributed by atoms with Crippen LogP contribution in [-0.2, 0) is 4.79 Å². The first kappa shape index (κ1) is 21.1. The summed E-state index contributed by atoms with van der Waals surface area (Å²) in [7, 11) is 0. The minimum atomic E-state index is -0.158. The van der Waals surface area contributed by atoms with E-state index in [0.29, 0.717) is 18.0 Å². The molecule has 2 heterocycles. The van der Waals surface area contributed by atoms with Crippen molar-refractivity contribution in [1.29, 1.82) is 0 Å². The molecule has 1 amide bonds. The third-order valence-corrected chi connectivity index (χ3v) is 7.32.